The largest absolute Gasteiger partial charge is 0.279 e. The van der Waals surface area contributed by atoms with E-state index < -0.39 is 0 Å². The molecule has 1 radical (unpaired) electrons. The van der Waals surface area contributed by atoms with Crippen LogP contribution in [-0.4, -0.2) is 23.3 Å². The molecular formula is C16H20NO2. The monoisotopic (exact) mass is 258 g/mol. The lowest BCUT2D eigenvalue weighted by atomic mass is 10.3. The third kappa shape index (κ3) is 5.51. The van der Waals surface area contributed by atoms with Gasteiger partial charge >= 0.3 is 0 Å². The fourth-order valence-corrected chi connectivity index (χ4v) is 1.48. The first-order chi connectivity index (χ1) is 9.20. The number of allylic oxidation sites excluding steroid dienone is 1. The van der Waals surface area contributed by atoms with Crippen molar-refractivity contribution in [2.45, 2.75) is 26.7 Å². The van der Waals surface area contributed by atoms with Crippen molar-refractivity contribution in [2.75, 3.05) is 6.54 Å². The van der Waals surface area contributed by atoms with Crippen LogP contribution < -0.4 is 0 Å². The van der Waals surface area contributed by atoms with Crippen molar-refractivity contribution >= 4 is 11.8 Å². The van der Waals surface area contributed by atoms with Crippen LogP contribution >= 0.6 is 0 Å². The van der Waals surface area contributed by atoms with Crippen molar-refractivity contribution in [3.63, 3.8) is 0 Å². The van der Waals surface area contributed by atoms with E-state index in [0.717, 1.165) is 6.42 Å². The van der Waals surface area contributed by atoms with E-state index in [1.807, 2.05) is 43.3 Å². The fraction of sp³-hybridized carbons (Fsp3) is 0.312. The van der Waals surface area contributed by atoms with Crippen LogP contribution in [0.25, 0.3) is 0 Å². The SMILES string of the molecule is CCCN(C(=O)CC)C(=O)C1=C[CH]1.c1ccccc1. The summed E-state index contributed by atoms with van der Waals surface area (Å²) in [6.07, 6.45) is 4.66. The Balaban J connectivity index is 0.000000250. The molecule has 0 unspecified atom stereocenters. The average molecular weight is 258 g/mol. The van der Waals surface area contributed by atoms with E-state index in [0.29, 0.717) is 18.5 Å². The molecule has 0 saturated carbocycles. The minimum Gasteiger partial charge on any atom is -0.279 e. The number of hydrogen-bond acceptors (Lipinski definition) is 2. The Morgan fingerprint density at radius 3 is 1.79 bits per heavy atom. The van der Waals surface area contributed by atoms with Gasteiger partial charge in [-0.05, 0) is 6.42 Å². The zero-order valence-corrected chi connectivity index (χ0v) is 11.5. The maximum atomic E-state index is 11.5. The van der Waals surface area contributed by atoms with Crippen molar-refractivity contribution in [1.29, 1.82) is 0 Å². The molecule has 2 rings (SSSR count). The highest BCUT2D eigenvalue weighted by molar-refractivity contribution is 6.08. The zero-order valence-electron chi connectivity index (χ0n) is 11.5. The number of rotatable bonds is 4. The summed E-state index contributed by atoms with van der Waals surface area (Å²) in [7, 11) is 0. The molecule has 0 saturated heterocycles. The van der Waals surface area contributed by atoms with Gasteiger partial charge in [-0.2, -0.15) is 0 Å². The molecule has 2 amide bonds. The second-order valence-corrected chi connectivity index (χ2v) is 4.15. The predicted octanol–water partition coefficient (Wildman–Crippen LogP) is 2.99. The molecule has 1 aromatic carbocycles. The van der Waals surface area contributed by atoms with E-state index in [1.54, 1.807) is 19.4 Å². The molecule has 101 valence electrons. The first-order valence-electron chi connectivity index (χ1n) is 6.60. The van der Waals surface area contributed by atoms with Gasteiger partial charge in [0.2, 0.25) is 5.91 Å². The molecule has 1 aromatic rings. The summed E-state index contributed by atoms with van der Waals surface area (Å²) in [5.41, 5.74) is 0.662. The number of carbonyl (C=O) groups is 2. The maximum Gasteiger partial charge on any atom is 0.256 e. The van der Waals surface area contributed by atoms with Crippen LogP contribution in [0, 0.1) is 6.42 Å². The van der Waals surface area contributed by atoms with E-state index in [2.05, 4.69) is 0 Å². The zero-order chi connectivity index (χ0) is 14.1. The van der Waals surface area contributed by atoms with Crippen molar-refractivity contribution in [1.82, 2.24) is 4.90 Å². The van der Waals surface area contributed by atoms with Crippen LogP contribution in [0.3, 0.4) is 0 Å². The number of carbonyl (C=O) groups excluding carboxylic acids is 2. The summed E-state index contributed by atoms with van der Waals surface area (Å²) in [5, 5.41) is 0. The lowest BCUT2D eigenvalue weighted by molar-refractivity contribution is -0.142. The molecule has 3 nitrogen and oxygen atoms in total. The van der Waals surface area contributed by atoms with Crippen molar-refractivity contribution < 1.29 is 9.59 Å². The number of nitrogens with zero attached hydrogens (tertiary/aromatic N) is 1. The minimum absolute atomic E-state index is 0.0898. The average Bonchev–Trinajstić information content (AvgIpc) is 3.30. The Morgan fingerprint density at radius 2 is 1.47 bits per heavy atom. The van der Waals surface area contributed by atoms with Gasteiger partial charge in [-0.1, -0.05) is 56.3 Å². The summed E-state index contributed by atoms with van der Waals surface area (Å²) in [5.74, 6) is -0.234. The standard InChI is InChI=1S/C10H14NO2.C6H6/c1-3-7-11(9(12)4-2)10(13)8-5-6-8;1-2-4-6-5-3-1/h5-6H,3-4,7H2,1-2H3;1-6H. The van der Waals surface area contributed by atoms with Crippen LogP contribution in [0.2, 0.25) is 0 Å². The van der Waals surface area contributed by atoms with Gasteiger partial charge in [0.15, 0.2) is 0 Å². The van der Waals surface area contributed by atoms with Gasteiger partial charge < -0.3 is 0 Å². The third-order valence-electron chi connectivity index (χ3n) is 2.54. The lowest BCUT2D eigenvalue weighted by Crippen LogP contribution is -2.36. The Kier molecular flexibility index (Phi) is 6.58. The molecule has 0 aliphatic heterocycles. The molecule has 0 aromatic heterocycles. The van der Waals surface area contributed by atoms with E-state index in [1.165, 1.54) is 4.90 Å². The van der Waals surface area contributed by atoms with E-state index >= 15 is 0 Å². The van der Waals surface area contributed by atoms with Gasteiger partial charge in [0.25, 0.3) is 5.91 Å². The van der Waals surface area contributed by atoms with Crippen molar-refractivity contribution in [2.24, 2.45) is 0 Å². The Labute approximate surface area is 114 Å². The second-order valence-electron chi connectivity index (χ2n) is 4.15. The van der Waals surface area contributed by atoms with Gasteiger partial charge in [-0.15, -0.1) is 0 Å². The number of benzene rings is 1. The molecule has 19 heavy (non-hydrogen) atoms. The highest BCUT2D eigenvalue weighted by atomic mass is 16.2. The Bertz CT molecular complexity index is 411. The summed E-state index contributed by atoms with van der Waals surface area (Å²) in [4.78, 5) is 24.2. The summed E-state index contributed by atoms with van der Waals surface area (Å²) in [6, 6.07) is 12.0. The maximum absolute atomic E-state index is 11.5. The second kappa shape index (κ2) is 8.25. The molecule has 0 spiro atoms. The Morgan fingerprint density at radius 1 is 1.00 bits per heavy atom. The molecule has 0 heterocycles. The van der Waals surface area contributed by atoms with Crippen LogP contribution in [-0.2, 0) is 9.59 Å². The molecule has 0 N–H and O–H groups in total. The number of imide groups is 1. The molecule has 0 bridgehead atoms. The van der Waals surface area contributed by atoms with Crippen molar-refractivity contribution in [3.8, 4) is 0 Å². The summed E-state index contributed by atoms with van der Waals surface area (Å²) < 4.78 is 0. The highest BCUT2D eigenvalue weighted by Crippen LogP contribution is 2.20. The van der Waals surface area contributed by atoms with Gasteiger partial charge in [-0.3, -0.25) is 14.5 Å². The summed E-state index contributed by atoms with van der Waals surface area (Å²) >= 11 is 0. The van der Waals surface area contributed by atoms with Crippen LogP contribution in [0.5, 0.6) is 0 Å². The van der Waals surface area contributed by atoms with Crippen molar-refractivity contribution in [3.05, 3.63) is 54.5 Å². The van der Waals surface area contributed by atoms with Gasteiger partial charge in [0.05, 0.1) is 0 Å². The predicted molar refractivity (Wildman–Crippen MR) is 76.1 cm³/mol. The quantitative estimate of drug-likeness (QED) is 0.832. The molecule has 0 fully saturated rings. The fourth-order valence-electron chi connectivity index (χ4n) is 1.48. The topological polar surface area (TPSA) is 37.4 Å². The van der Waals surface area contributed by atoms with Gasteiger partial charge in [0, 0.05) is 25.0 Å². The van der Waals surface area contributed by atoms with E-state index in [9.17, 15) is 9.59 Å². The molecule has 3 heteroatoms. The smallest absolute Gasteiger partial charge is 0.256 e. The normalized spacial score (nSPS) is 11.8. The number of hydrogen-bond donors (Lipinski definition) is 0. The highest BCUT2D eigenvalue weighted by Gasteiger charge is 2.26. The molecule has 1 aliphatic carbocycles. The first-order valence-corrected chi connectivity index (χ1v) is 6.60. The first kappa shape index (κ1) is 15.2. The lowest BCUT2D eigenvalue weighted by Gasteiger charge is -2.17. The van der Waals surface area contributed by atoms with Crippen LogP contribution in [0.1, 0.15) is 26.7 Å². The molecule has 1 aliphatic rings. The third-order valence-corrected chi connectivity index (χ3v) is 2.54. The minimum atomic E-state index is -0.145. The van der Waals surface area contributed by atoms with E-state index in [-0.39, 0.29) is 11.8 Å². The molecular weight excluding hydrogens is 238 g/mol. The summed E-state index contributed by atoms with van der Waals surface area (Å²) in [6.45, 7) is 4.24. The van der Waals surface area contributed by atoms with Crippen LogP contribution in [0.4, 0.5) is 0 Å². The van der Waals surface area contributed by atoms with E-state index in [4.69, 9.17) is 0 Å². The van der Waals surface area contributed by atoms with Crippen LogP contribution in [0.15, 0.2) is 48.0 Å². The Hall–Kier alpha value is -1.90. The molecule has 0 atom stereocenters. The number of amides is 2. The van der Waals surface area contributed by atoms with Gasteiger partial charge in [0.1, 0.15) is 0 Å². The van der Waals surface area contributed by atoms with Gasteiger partial charge in [-0.25, -0.2) is 0 Å².